The largest absolute Gasteiger partial charge is 0.324 e. The number of nitrogens with zero attached hydrogens (tertiary/aromatic N) is 3. The van der Waals surface area contributed by atoms with Gasteiger partial charge in [0.2, 0.25) is 5.91 Å². The Morgan fingerprint density at radius 3 is 2.60 bits per heavy atom. The van der Waals surface area contributed by atoms with Gasteiger partial charge in [-0.2, -0.15) is 5.10 Å². The lowest BCUT2D eigenvalue weighted by Crippen LogP contribution is -2.29. The summed E-state index contributed by atoms with van der Waals surface area (Å²) < 4.78 is 1.16. The van der Waals surface area contributed by atoms with E-state index < -0.39 is 0 Å². The van der Waals surface area contributed by atoms with E-state index in [0.717, 1.165) is 27.1 Å². The predicted octanol–water partition coefficient (Wildman–Crippen LogP) is 2.56. The number of carbonyl (C=O) groups is 1. The molecule has 3 rings (SSSR count). The van der Waals surface area contributed by atoms with Crippen molar-refractivity contribution in [1.29, 1.82) is 0 Å². The van der Waals surface area contributed by atoms with E-state index in [0.29, 0.717) is 5.69 Å². The molecule has 0 unspecified atom stereocenters. The van der Waals surface area contributed by atoms with Gasteiger partial charge in [-0.15, -0.1) is 0 Å². The second kappa shape index (κ2) is 7.09. The van der Waals surface area contributed by atoms with E-state index in [1.165, 1.54) is 6.07 Å². The van der Waals surface area contributed by atoms with E-state index in [-0.39, 0.29) is 18.0 Å². The average Bonchev–Trinajstić information content (AvgIpc) is 2.61. The van der Waals surface area contributed by atoms with Crippen molar-refractivity contribution in [1.82, 2.24) is 14.8 Å². The van der Waals surface area contributed by atoms with Crippen molar-refractivity contribution in [2.75, 3.05) is 5.32 Å². The van der Waals surface area contributed by atoms with Gasteiger partial charge in [-0.1, -0.05) is 12.1 Å². The highest BCUT2D eigenvalue weighted by Gasteiger charge is 2.10. The summed E-state index contributed by atoms with van der Waals surface area (Å²) >= 11 is 0. The first-order valence-electron chi connectivity index (χ1n) is 7.89. The molecule has 126 valence electrons. The fourth-order valence-corrected chi connectivity index (χ4v) is 2.45. The van der Waals surface area contributed by atoms with E-state index in [2.05, 4.69) is 15.4 Å². The first-order valence-corrected chi connectivity index (χ1v) is 7.89. The number of hydrogen-bond acceptors (Lipinski definition) is 4. The Hall–Kier alpha value is -3.28. The van der Waals surface area contributed by atoms with Gasteiger partial charge >= 0.3 is 0 Å². The first-order chi connectivity index (χ1) is 12.0. The molecule has 0 spiro atoms. The topological polar surface area (TPSA) is 76.9 Å². The van der Waals surface area contributed by atoms with E-state index in [9.17, 15) is 9.59 Å². The van der Waals surface area contributed by atoms with Gasteiger partial charge in [0.15, 0.2) is 0 Å². The molecular weight excluding hydrogens is 316 g/mol. The van der Waals surface area contributed by atoms with Crippen molar-refractivity contribution in [3.8, 4) is 11.3 Å². The highest BCUT2D eigenvalue weighted by Crippen LogP contribution is 2.18. The molecule has 25 heavy (non-hydrogen) atoms. The summed E-state index contributed by atoms with van der Waals surface area (Å²) in [6.07, 6.45) is 3.30. The standard InChI is InChI=1S/C19H18N4O2/c1-13-4-3-5-16(14(13)2)21-18(24)12-23-19(25)7-6-17(22-23)15-8-10-20-11-9-15/h3-11H,12H2,1-2H3,(H,21,24). The molecule has 0 saturated heterocycles. The zero-order valence-corrected chi connectivity index (χ0v) is 14.1. The second-order valence-electron chi connectivity index (χ2n) is 5.75. The van der Waals surface area contributed by atoms with Crippen molar-refractivity contribution in [2.24, 2.45) is 0 Å². The Labute approximate surface area is 145 Å². The maximum atomic E-state index is 12.3. The second-order valence-corrected chi connectivity index (χ2v) is 5.75. The normalized spacial score (nSPS) is 10.5. The summed E-state index contributed by atoms with van der Waals surface area (Å²) in [7, 11) is 0. The highest BCUT2D eigenvalue weighted by atomic mass is 16.2. The minimum absolute atomic E-state index is 0.148. The maximum absolute atomic E-state index is 12.3. The van der Waals surface area contributed by atoms with Crippen LogP contribution >= 0.6 is 0 Å². The van der Waals surface area contributed by atoms with Crippen molar-refractivity contribution >= 4 is 11.6 Å². The molecule has 0 saturated carbocycles. The lowest BCUT2D eigenvalue weighted by molar-refractivity contribution is -0.117. The van der Waals surface area contributed by atoms with Gasteiger partial charge in [0.05, 0.1) is 5.69 Å². The lowest BCUT2D eigenvalue weighted by atomic mass is 10.1. The molecular formula is C19H18N4O2. The van der Waals surface area contributed by atoms with Gasteiger partial charge in [-0.05, 0) is 49.2 Å². The quantitative estimate of drug-likeness (QED) is 0.795. The molecule has 2 heterocycles. The third-order valence-electron chi connectivity index (χ3n) is 4.01. The molecule has 1 N–H and O–H groups in total. The zero-order chi connectivity index (χ0) is 17.8. The third kappa shape index (κ3) is 3.80. The maximum Gasteiger partial charge on any atom is 0.267 e. The molecule has 0 aliphatic carbocycles. The van der Waals surface area contributed by atoms with Crippen molar-refractivity contribution in [2.45, 2.75) is 20.4 Å². The number of benzene rings is 1. The number of amides is 1. The molecule has 0 fully saturated rings. The number of aromatic nitrogens is 3. The van der Waals surface area contributed by atoms with E-state index in [1.54, 1.807) is 30.6 Å². The Bertz CT molecular complexity index is 965. The average molecular weight is 334 g/mol. The van der Waals surface area contributed by atoms with Crippen LogP contribution in [0.5, 0.6) is 0 Å². The molecule has 1 aromatic carbocycles. The summed E-state index contributed by atoms with van der Waals surface area (Å²) in [5, 5.41) is 7.12. The molecule has 0 aliphatic heterocycles. The monoisotopic (exact) mass is 334 g/mol. The zero-order valence-electron chi connectivity index (χ0n) is 14.1. The third-order valence-corrected chi connectivity index (χ3v) is 4.01. The molecule has 1 amide bonds. The minimum Gasteiger partial charge on any atom is -0.324 e. The van der Waals surface area contributed by atoms with Crippen molar-refractivity contribution in [3.63, 3.8) is 0 Å². The molecule has 6 heteroatoms. The highest BCUT2D eigenvalue weighted by molar-refractivity contribution is 5.91. The summed E-state index contributed by atoms with van der Waals surface area (Å²) in [4.78, 5) is 28.3. The Kier molecular flexibility index (Phi) is 4.70. The van der Waals surface area contributed by atoms with E-state index >= 15 is 0 Å². The molecule has 3 aromatic rings. The fourth-order valence-electron chi connectivity index (χ4n) is 2.45. The number of rotatable bonds is 4. The van der Waals surface area contributed by atoms with E-state index in [1.807, 2.05) is 32.0 Å². The van der Waals surface area contributed by atoms with Crippen LogP contribution in [0, 0.1) is 13.8 Å². The van der Waals surface area contributed by atoms with Crippen LogP contribution in [0.4, 0.5) is 5.69 Å². The number of pyridine rings is 1. The van der Waals surface area contributed by atoms with Crippen LogP contribution in [-0.2, 0) is 11.3 Å². The molecule has 2 aromatic heterocycles. The van der Waals surface area contributed by atoms with Crippen LogP contribution in [-0.4, -0.2) is 20.7 Å². The van der Waals surface area contributed by atoms with Crippen LogP contribution in [0.3, 0.4) is 0 Å². The molecule has 0 radical (unpaired) electrons. The number of anilines is 1. The Balaban J connectivity index is 1.81. The molecule has 0 bridgehead atoms. The van der Waals surface area contributed by atoms with Gasteiger partial charge in [-0.25, -0.2) is 4.68 Å². The summed E-state index contributed by atoms with van der Waals surface area (Å²) in [5.74, 6) is -0.296. The van der Waals surface area contributed by atoms with Crippen LogP contribution in [0.15, 0.2) is 59.7 Å². The first kappa shape index (κ1) is 16.6. The van der Waals surface area contributed by atoms with Crippen molar-refractivity contribution < 1.29 is 4.79 Å². The number of carbonyl (C=O) groups excluding carboxylic acids is 1. The summed E-state index contributed by atoms with van der Waals surface area (Å²) in [6, 6.07) is 12.3. The van der Waals surface area contributed by atoms with Crippen LogP contribution in [0.25, 0.3) is 11.3 Å². The van der Waals surface area contributed by atoms with Gasteiger partial charge in [-0.3, -0.25) is 14.6 Å². The van der Waals surface area contributed by atoms with Crippen LogP contribution in [0.2, 0.25) is 0 Å². The van der Waals surface area contributed by atoms with Gasteiger partial charge < -0.3 is 5.32 Å². The molecule has 0 aliphatic rings. The lowest BCUT2D eigenvalue weighted by Gasteiger charge is -2.11. The number of nitrogens with one attached hydrogen (secondary N) is 1. The molecule has 0 atom stereocenters. The Morgan fingerprint density at radius 2 is 1.84 bits per heavy atom. The number of hydrogen-bond donors (Lipinski definition) is 1. The smallest absolute Gasteiger partial charge is 0.267 e. The predicted molar refractivity (Wildman–Crippen MR) is 96.3 cm³/mol. The Morgan fingerprint density at radius 1 is 1.08 bits per heavy atom. The minimum atomic E-state index is -0.325. The van der Waals surface area contributed by atoms with E-state index in [4.69, 9.17) is 0 Å². The summed E-state index contributed by atoms with van der Waals surface area (Å²) in [5.41, 5.74) is 3.95. The van der Waals surface area contributed by atoms with Gasteiger partial charge in [0.25, 0.3) is 5.56 Å². The SMILES string of the molecule is Cc1cccc(NC(=O)Cn2nc(-c3ccncc3)ccc2=O)c1C. The van der Waals surface area contributed by atoms with Gasteiger partial charge in [0.1, 0.15) is 6.54 Å². The molecule has 6 nitrogen and oxygen atoms in total. The number of aryl methyl sites for hydroxylation is 1. The van der Waals surface area contributed by atoms with Crippen LogP contribution < -0.4 is 10.9 Å². The fraction of sp³-hybridized carbons (Fsp3) is 0.158. The van der Waals surface area contributed by atoms with Crippen molar-refractivity contribution in [3.05, 3.63) is 76.3 Å². The van der Waals surface area contributed by atoms with Crippen LogP contribution in [0.1, 0.15) is 11.1 Å². The van der Waals surface area contributed by atoms with Gasteiger partial charge in [0, 0.05) is 29.7 Å². The summed E-state index contributed by atoms with van der Waals surface area (Å²) in [6.45, 7) is 3.78.